The van der Waals surface area contributed by atoms with E-state index in [1.807, 2.05) is 0 Å². The third kappa shape index (κ3) is 3.14. The number of hydrogen-bond acceptors (Lipinski definition) is 3. The average Bonchev–Trinajstić information content (AvgIpc) is 2.36. The van der Waals surface area contributed by atoms with Crippen molar-refractivity contribution in [3.63, 3.8) is 0 Å². The monoisotopic (exact) mass is 244 g/mol. The Kier molecular flexibility index (Phi) is 6.16. The van der Waals surface area contributed by atoms with Crippen LogP contribution in [0.4, 0.5) is 0 Å². The highest BCUT2D eigenvalue weighted by molar-refractivity contribution is 8.00. The molecule has 0 aromatic rings. The molecule has 1 saturated heterocycles. The van der Waals surface area contributed by atoms with Crippen molar-refractivity contribution in [3.8, 4) is 0 Å². The lowest BCUT2D eigenvalue weighted by molar-refractivity contribution is 0.0829. The standard InChI is InChI=1S/C13H28N2S/c1-4-7-13(6-3,11-14)15-8-9-16-12(5-2)10-15/h12H,4-11,14H2,1-3H3. The van der Waals surface area contributed by atoms with Gasteiger partial charge in [-0.2, -0.15) is 11.8 Å². The molecule has 1 aliphatic rings. The fourth-order valence-corrected chi connectivity index (χ4v) is 3.98. The maximum Gasteiger partial charge on any atom is 0.0329 e. The molecular weight excluding hydrogens is 216 g/mol. The van der Waals surface area contributed by atoms with Crippen LogP contribution >= 0.6 is 11.8 Å². The SMILES string of the molecule is CCCC(CC)(CN)N1CCSC(CC)C1. The number of rotatable bonds is 6. The van der Waals surface area contributed by atoms with E-state index < -0.39 is 0 Å². The molecule has 1 heterocycles. The second kappa shape index (κ2) is 6.87. The van der Waals surface area contributed by atoms with Crippen LogP contribution < -0.4 is 5.73 Å². The molecule has 0 aromatic carbocycles. The summed E-state index contributed by atoms with van der Waals surface area (Å²) in [6.07, 6.45) is 4.97. The number of nitrogens with zero attached hydrogens (tertiary/aromatic N) is 1. The van der Waals surface area contributed by atoms with Gasteiger partial charge >= 0.3 is 0 Å². The van der Waals surface area contributed by atoms with Crippen LogP contribution in [-0.2, 0) is 0 Å². The van der Waals surface area contributed by atoms with Crippen molar-refractivity contribution in [2.24, 2.45) is 5.73 Å². The van der Waals surface area contributed by atoms with Crippen LogP contribution in [0.5, 0.6) is 0 Å². The predicted octanol–water partition coefficient (Wildman–Crippen LogP) is 2.72. The highest BCUT2D eigenvalue weighted by Gasteiger charge is 2.35. The quantitative estimate of drug-likeness (QED) is 0.779. The third-order valence-corrected chi connectivity index (χ3v) is 5.39. The summed E-state index contributed by atoms with van der Waals surface area (Å²) < 4.78 is 0. The maximum atomic E-state index is 6.07. The first-order valence-electron chi connectivity index (χ1n) is 6.79. The summed E-state index contributed by atoms with van der Waals surface area (Å²) in [5.41, 5.74) is 6.35. The summed E-state index contributed by atoms with van der Waals surface area (Å²) in [6.45, 7) is 10.2. The van der Waals surface area contributed by atoms with E-state index in [-0.39, 0.29) is 5.54 Å². The molecule has 0 bridgehead atoms. The Bertz CT molecular complexity index is 192. The summed E-state index contributed by atoms with van der Waals surface area (Å²) >= 11 is 2.14. The molecule has 0 spiro atoms. The summed E-state index contributed by atoms with van der Waals surface area (Å²) in [7, 11) is 0. The summed E-state index contributed by atoms with van der Waals surface area (Å²) in [5, 5.41) is 0.822. The van der Waals surface area contributed by atoms with Gasteiger partial charge in [-0.25, -0.2) is 0 Å². The van der Waals surface area contributed by atoms with Crippen molar-refractivity contribution in [2.75, 3.05) is 25.4 Å². The topological polar surface area (TPSA) is 29.3 Å². The van der Waals surface area contributed by atoms with Crippen molar-refractivity contribution >= 4 is 11.8 Å². The van der Waals surface area contributed by atoms with E-state index in [9.17, 15) is 0 Å². The second-order valence-electron chi connectivity index (χ2n) is 4.88. The van der Waals surface area contributed by atoms with Gasteiger partial charge in [0.1, 0.15) is 0 Å². The van der Waals surface area contributed by atoms with Crippen LogP contribution in [0.2, 0.25) is 0 Å². The summed E-state index contributed by atoms with van der Waals surface area (Å²) in [5.74, 6) is 1.28. The molecule has 2 nitrogen and oxygen atoms in total. The lowest BCUT2D eigenvalue weighted by Crippen LogP contribution is -2.57. The van der Waals surface area contributed by atoms with Gasteiger partial charge in [-0.05, 0) is 19.3 Å². The van der Waals surface area contributed by atoms with Crippen LogP contribution in [-0.4, -0.2) is 41.1 Å². The average molecular weight is 244 g/mol. The Balaban J connectivity index is 2.69. The minimum absolute atomic E-state index is 0.281. The van der Waals surface area contributed by atoms with Crippen molar-refractivity contribution < 1.29 is 0 Å². The number of hydrogen-bond donors (Lipinski definition) is 1. The first kappa shape index (κ1) is 14.3. The van der Waals surface area contributed by atoms with Gasteiger partial charge in [0.25, 0.3) is 0 Å². The highest BCUT2D eigenvalue weighted by atomic mass is 32.2. The molecular formula is C13H28N2S. The zero-order chi connectivity index (χ0) is 12.0. The fraction of sp³-hybridized carbons (Fsp3) is 1.00. The molecule has 2 unspecified atom stereocenters. The molecule has 1 fully saturated rings. The normalized spacial score (nSPS) is 26.6. The Morgan fingerprint density at radius 3 is 2.62 bits per heavy atom. The predicted molar refractivity (Wildman–Crippen MR) is 75.1 cm³/mol. The minimum atomic E-state index is 0.281. The van der Waals surface area contributed by atoms with E-state index in [1.54, 1.807) is 0 Å². The van der Waals surface area contributed by atoms with Gasteiger partial charge in [-0.1, -0.05) is 27.2 Å². The zero-order valence-corrected chi connectivity index (χ0v) is 12.0. The second-order valence-corrected chi connectivity index (χ2v) is 6.29. The third-order valence-electron chi connectivity index (χ3n) is 4.02. The smallest absolute Gasteiger partial charge is 0.0329 e. The van der Waals surface area contributed by atoms with Gasteiger partial charge in [0.15, 0.2) is 0 Å². The first-order chi connectivity index (χ1) is 7.72. The Hall–Kier alpha value is 0.270. The van der Waals surface area contributed by atoms with E-state index in [2.05, 4.69) is 37.4 Å². The van der Waals surface area contributed by atoms with Gasteiger partial charge in [0.2, 0.25) is 0 Å². The molecule has 0 radical (unpaired) electrons. The van der Waals surface area contributed by atoms with Crippen LogP contribution in [0.3, 0.4) is 0 Å². The molecule has 0 aromatic heterocycles. The van der Waals surface area contributed by atoms with E-state index in [4.69, 9.17) is 5.73 Å². The first-order valence-corrected chi connectivity index (χ1v) is 7.84. The van der Waals surface area contributed by atoms with Crippen LogP contribution in [0, 0.1) is 0 Å². The molecule has 0 saturated carbocycles. The van der Waals surface area contributed by atoms with Gasteiger partial charge in [0.05, 0.1) is 0 Å². The van der Waals surface area contributed by atoms with E-state index >= 15 is 0 Å². The highest BCUT2D eigenvalue weighted by Crippen LogP contribution is 2.31. The molecule has 1 aliphatic heterocycles. The number of nitrogens with two attached hydrogens (primary N) is 1. The van der Waals surface area contributed by atoms with Crippen molar-refractivity contribution in [1.82, 2.24) is 4.90 Å². The zero-order valence-electron chi connectivity index (χ0n) is 11.2. The summed E-state index contributed by atoms with van der Waals surface area (Å²) in [6, 6.07) is 0. The molecule has 2 N–H and O–H groups in total. The molecule has 2 atom stereocenters. The molecule has 3 heteroatoms. The van der Waals surface area contributed by atoms with Crippen LogP contribution in [0.15, 0.2) is 0 Å². The van der Waals surface area contributed by atoms with Gasteiger partial charge < -0.3 is 5.73 Å². The van der Waals surface area contributed by atoms with E-state index in [1.165, 1.54) is 44.5 Å². The summed E-state index contributed by atoms with van der Waals surface area (Å²) in [4.78, 5) is 2.68. The fourth-order valence-electron chi connectivity index (χ4n) is 2.80. The van der Waals surface area contributed by atoms with E-state index in [0.29, 0.717) is 0 Å². The molecule has 16 heavy (non-hydrogen) atoms. The van der Waals surface area contributed by atoms with Crippen molar-refractivity contribution in [3.05, 3.63) is 0 Å². The van der Waals surface area contributed by atoms with Crippen LogP contribution in [0.1, 0.15) is 46.5 Å². The van der Waals surface area contributed by atoms with Crippen molar-refractivity contribution in [1.29, 1.82) is 0 Å². The van der Waals surface area contributed by atoms with Gasteiger partial charge in [-0.3, -0.25) is 4.90 Å². The van der Waals surface area contributed by atoms with Crippen LogP contribution in [0.25, 0.3) is 0 Å². The van der Waals surface area contributed by atoms with Crippen molar-refractivity contribution in [2.45, 2.75) is 57.2 Å². The largest absolute Gasteiger partial charge is 0.329 e. The van der Waals surface area contributed by atoms with E-state index in [0.717, 1.165) is 11.8 Å². The molecule has 1 rings (SSSR count). The Morgan fingerprint density at radius 2 is 2.12 bits per heavy atom. The molecule has 0 amide bonds. The lowest BCUT2D eigenvalue weighted by Gasteiger charge is -2.47. The van der Waals surface area contributed by atoms with Gasteiger partial charge in [0, 0.05) is 36.2 Å². The molecule has 96 valence electrons. The van der Waals surface area contributed by atoms with Gasteiger partial charge in [-0.15, -0.1) is 0 Å². The number of thioether (sulfide) groups is 1. The molecule has 0 aliphatic carbocycles. The lowest BCUT2D eigenvalue weighted by atomic mass is 9.88. The maximum absolute atomic E-state index is 6.07. The Labute approximate surface area is 105 Å². The Morgan fingerprint density at radius 1 is 1.38 bits per heavy atom. The minimum Gasteiger partial charge on any atom is -0.329 e.